The van der Waals surface area contributed by atoms with Crippen LogP contribution in [0.2, 0.25) is 0 Å². The van der Waals surface area contributed by atoms with E-state index in [0.29, 0.717) is 19.7 Å². The van der Waals surface area contributed by atoms with Crippen molar-refractivity contribution in [2.75, 3.05) is 19.7 Å². The Morgan fingerprint density at radius 1 is 1.50 bits per heavy atom. The highest BCUT2D eigenvalue weighted by atomic mass is 16.5. The zero-order valence-corrected chi connectivity index (χ0v) is 12.3. The Labute approximate surface area is 119 Å². The van der Waals surface area contributed by atoms with E-state index in [1.54, 1.807) is 17.7 Å². The summed E-state index contributed by atoms with van der Waals surface area (Å²) in [5, 5.41) is 11.7. The Bertz CT molecular complexity index is 419. The summed E-state index contributed by atoms with van der Waals surface area (Å²) in [5.41, 5.74) is 0. The lowest BCUT2D eigenvalue weighted by atomic mass is 10.3. The molecule has 1 aromatic rings. The maximum Gasteiger partial charge on any atom is 0.320 e. The molecule has 0 aromatic carbocycles. The first-order valence-electron chi connectivity index (χ1n) is 6.95. The fourth-order valence-corrected chi connectivity index (χ4v) is 1.77. The predicted octanol–water partition coefficient (Wildman–Crippen LogP) is 1.02. The number of rotatable bonds is 10. The van der Waals surface area contributed by atoms with Crippen molar-refractivity contribution >= 4 is 5.97 Å². The van der Waals surface area contributed by atoms with Crippen LogP contribution in [0.3, 0.4) is 0 Å². The molecule has 0 atom stereocenters. The quantitative estimate of drug-likeness (QED) is 0.471. The van der Waals surface area contributed by atoms with Crippen molar-refractivity contribution in [1.82, 2.24) is 25.1 Å². The van der Waals surface area contributed by atoms with Gasteiger partial charge >= 0.3 is 5.97 Å². The molecular weight excluding hydrogens is 258 g/mol. The molecule has 0 unspecified atom stereocenters. The highest BCUT2D eigenvalue weighted by molar-refractivity contribution is 5.71. The molecule has 112 valence electrons. The minimum atomic E-state index is -0.248. The molecule has 0 aliphatic heterocycles. The third kappa shape index (κ3) is 5.48. The van der Waals surface area contributed by atoms with E-state index in [-0.39, 0.29) is 12.5 Å². The van der Waals surface area contributed by atoms with E-state index < -0.39 is 0 Å². The largest absolute Gasteiger partial charge is 0.465 e. The number of aryl methyl sites for hydroxylation is 1. The number of carbonyl (C=O) groups is 1. The van der Waals surface area contributed by atoms with Crippen LogP contribution in [0, 0.1) is 0 Å². The van der Waals surface area contributed by atoms with Crippen LogP contribution in [0.5, 0.6) is 0 Å². The van der Waals surface area contributed by atoms with Gasteiger partial charge in [-0.25, -0.2) is 4.68 Å². The van der Waals surface area contributed by atoms with Gasteiger partial charge in [0.1, 0.15) is 0 Å². The zero-order valence-electron chi connectivity index (χ0n) is 12.3. The number of esters is 1. The van der Waals surface area contributed by atoms with Crippen LogP contribution in [0.1, 0.15) is 32.5 Å². The molecular formula is C13H23N5O2. The van der Waals surface area contributed by atoms with E-state index >= 15 is 0 Å². The maximum absolute atomic E-state index is 11.6. The van der Waals surface area contributed by atoms with Gasteiger partial charge in [-0.2, -0.15) is 0 Å². The summed E-state index contributed by atoms with van der Waals surface area (Å²) in [6.07, 6.45) is 3.86. The minimum absolute atomic E-state index is 0.209. The Kier molecular flexibility index (Phi) is 7.49. The van der Waals surface area contributed by atoms with E-state index in [9.17, 15) is 4.79 Å². The molecule has 1 rings (SSSR count). The van der Waals surface area contributed by atoms with Crippen LogP contribution < -0.4 is 0 Å². The Balaban J connectivity index is 2.62. The molecule has 0 aliphatic carbocycles. The molecule has 1 heterocycles. The van der Waals surface area contributed by atoms with Gasteiger partial charge in [0.15, 0.2) is 5.82 Å². The molecule has 0 saturated carbocycles. The third-order valence-corrected chi connectivity index (χ3v) is 2.74. The highest BCUT2D eigenvalue weighted by Gasteiger charge is 2.14. The summed E-state index contributed by atoms with van der Waals surface area (Å²) < 4.78 is 6.74. The molecule has 7 heteroatoms. The maximum atomic E-state index is 11.6. The van der Waals surface area contributed by atoms with Crippen molar-refractivity contribution < 1.29 is 9.53 Å². The fraction of sp³-hybridized carbons (Fsp3) is 0.692. The summed E-state index contributed by atoms with van der Waals surface area (Å²) in [6.45, 7) is 10.1. The van der Waals surface area contributed by atoms with Crippen LogP contribution in [0.25, 0.3) is 0 Å². The summed E-state index contributed by atoms with van der Waals surface area (Å²) in [4.78, 5) is 13.5. The van der Waals surface area contributed by atoms with Gasteiger partial charge in [0.25, 0.3) is 0 Å². The first kappa shape index (κ1) is 16.3. The number of aromatic nitrogens is 4. The molecule has 7 nitrogen and oxygen atoms in total. The fourth-order valence-electron chi connectivity index (χ4n) is 1.77. The molecule has 0 saturated heterocycles. The molecule has 1 aromatic heterocycles. The lowest BCUT2D eigenvalue weighted by Gasteiger charge is -2.18. The second-order valence-corrected chi connectivity index (χ2v) is 4.44. The van der Waals surface area contributed by atoms with E-state index in [1.807, 2.05) is 4.90 Å². The lowest BCUT2D eigenvalue weighted by molar-refractivity contribution is -0.144. The van der Waals surface area contributed by atoms with E-state index in [2.05, 4.69) is 29.0 Å². The van der Waals surface area contributed by atoms with Gasteiger partial charge in [-0.05, 0) is 23.8 Å². The molecule has 0 amide bonds. The SMILES string of the molecule is C=CCN(CC(=O)OCC)Cc1nnnn1CCCC. The monoisotopic (exact) mass is 281 g/mol. The van der Waals surface area contributed by atoms with Crippen molar-refractivity contribution in [3.8, 4) is 0 Å². The summed E-state index contributed by atoms with van der Waals surface area (Å²) in [6, 6.07) is 0. The van der Waals surface area contributed by atoms with Crippen LogP contribution >= 0.6 is 0 Å². The second kappa shape index (κ2) is 9.19. The number of hydrogen-bond acceptors (Lipinski definition) is 6. The van der Waals surface area contributed by atoms with Gasteiger partial charge in [-0.15, -0.1) is 11.7 Å². The summed E-state index contributed by atoms with van der Waals surface area (Å²) in [5.74, 6) is 0.506. The van der Waals surface area contributed by atoms with Crippen molar-refractivity contribution in [2.24, 2.45) is 0 Å². The van der Waals surface area contributed by atoms with E-state index in [0.717, 1.165) is 25.2 Å². The standard InChI is InChI=1S/C13H23N5O2/c1-4-7-9-18-12(14-15-16-18)10-17(8-5-2)11-13(19)20-6-3/h5H,2,4,6-11H2,1,3H3. The second-order valence-electron chi connectivity index (χ2n) is 4.44. The van der Waals surface area contributed by atoms with E-state index in [1.165, 1.54) is 0 Å². The Hall–Kier alpha value is -1.76. The van der Waals surface area contributed by atoms with Crippen molar-refractivity contribution in [3.05, 3.63) is 18.5 Å². The molecule has 0 bridgehead atoms. The third-order valence-electron chi connectivity index (χ3n) is 2.74. The smallest absolute Gasteiger partial charge is 0.320 e. The van der Waals surface area contributed by atoms with E-state index in [4.69, 9.17) is 4.74 Å². The Morgan fingerprint density at radius 3 is 2.95 bits per heavy atom. The number of tetrazole rings is 1. The first-order valence-corrected chi connectivity index (χ1v) is 6.95. The topological polar surface area (TPSA) is 73.1 Å². The van der Waals surface area contributed by atoms with Gasteiger partial charge < -0.3 is 4.74 Å². The van der Waals surface area contributed by atoms with Crippen molar-refractivity contribution in [2.45, 2.75) is 39.8 Å². The number of carbonyl (C=O) groups excluding carboxylic acids is 1. The summed E-state index contributed by atoms with van der Waals surface area (Å²) >= 11 is 0. The van der Waals surface area contributed by atoms with Gasteiger partial charge in [0.2, 0.25) is 0 Å². The molecule has 20 heavy (non-hydrogen) atoms. The summed E-state index contributed by atoms with van der Waals surface area (Å²) in [7, 11) is 0. The van der Waals surface area contributed by atoms with Crippen LogP contribution in [-0.4, -0.2) is 50.8 Å². The molecule has 0 radical (unpaired) electrons. The van der Waals surface area contributed by atoms with Crippen LogP contribution in [0.15, 0.2) is 12.7 Å². The molecule has 0 fully saturated rings. The predicted molar refractivity (Wildman–Crippen MR) is 74.8 cm³/mol. The average Bonchev–Trinajstić information content (AvgIpc) is 2.84. The highest BCUT2D eigenvalue weighted by Crippen LogP contribution is 2.03. The van der Waals surface area contributed by atoms with Gasteiger partial charge in [-0.3, -0.25) is 9.69 Å². The molecule has 0 spiro atoms. The molecule has 0 aliphatic rings. The zero-order chi connectivity index (χ0) is 14.8. The lowest BCUT2D eigenvalue weighted by Crippen LogP contribution is -2.32. The van der Waals surface area contributed by atoms with Gasteiger partial charge in [-0.1, -0.05) is 19.4 Å². The number of unbranched alkanes of at least 4 members (excludes halogenated alkanes) is 1. The van der Waals surface area contributed by atoms with Crippen LogP contribution in [0.4, 0.5) is 0 Å². The molecule has 0 N–H and O–H groups in total. The van der Waals surface area contributed by atoms with Crippen molar-refractivity contribution in [1.29, 1.82) is 0 Å². The first-order chi connectivity index (χ1) is 9.71. The number of nitrogens with zero attached hydrogens (tertiary/aromatic N) is 5. The normalized spacial score (nSPS) is 10.8. The Morgan fingerprint density at radius 2 is 2.30 bits per heavy atom. The van der Waals surface area contributed by atoms with Gasteiger partial charge in [0, 0.05) is 13.1 Å². The van der Waals surface area contributed by atoms with Crippen LogP contribution in [-0.2, 0) is 22.6 Å². The number of hydrogen-bond donors (Lipinski definition) is 0. The number of ether oxygens (including phenoxy) is 1. The van der Waals surface area contributed by atoms with Gasteiger partial charge in [0.05, 0.1) is 19.7 Å². The minimum Gasteiger partial charge on any atom is -0.465 e. The van der Waals surface area contributed by atoms with Crippen molar-refractivity contribution in [3.63, 3.8) is 0 Å². The average molecular weight is 281 g/mol.